The van der Waals surface area contributed by atoms with Crippen LogP contribution in [0.4, 0.5) is 26.3 Å². The maximum absolute atomic E-state index is 13.4. The minimum Gasteiger partial charge on any atom is -0.192 e. The fourth-order valence-corrected chi connectivity index (χ4v) is 6.25. The van der Waals surface area contributed by atoms with E-state index in [1.807, 2.05) is 24.3 Å². The molecule has 4 aromatic carbocycles. The van der Waals surface area contributed by atoms with Crippen molar-refractivity contribution in [1.29, 1.82) is 31.6 Å². The molecule has 2 aliphatic carbocycles. The summed E-state index contributed by atoms with van der Waals surface area (Å²) in [6.45, 7) is 0. The van der Waals surface area contributed by atoms with Crippen molar-refractivity contribution in [3.63, 3.8) is 0 Å². The molecule has 50 heavy (non-hydrogen) atoms. The number of hydrogen-bond acceptors (Lipinski definition) is 6. The summed E-state index contributed by atoms with van der Waals surface area (Å²) in [5.41, 5.74) is -0.491. The first-order valence-electron chi connectivity index (χ1n) is 14.2. The highest BCUT2D eigenvalue weighted by Gasteiger charge is 2.40. The summed E-state index contributed by atoms with van der Waals surface area (Å²) in [4.78, 5) is 0. The van der Waals surface area contributed by atoms with E-state index in [0.29, 0.717) is 34.4 Å². The van der Waals surface area contributed by atoms with Crippen molar-refractivity contribution in [2.75, 3.05) is 0 Å². The standard InChI is InChI=1S/C38H12F6N6/c39-37(40,41)25-3-7-27(21(9-25)13-45)19-1-5-29-31(11-19)35-34(24(17-49)18-50)30-6-2-20(12-32(30)36(35)33(29)23(15-47)16-48)28-8-4-26(38(42,43)44)10-22(28)14-46/h1-12H. The molecule has 0 aromatic heterocycles. The number of rotatable bonds is 2. The average molecular weight is 667 g/mol. The molecule has 0 heterocycles. The van der Waals surface area contributed by atoms with E-state index in [1.54, 1.807) is 12.1 Å². The van der Waals surface area contributed by atoms with Gasteiger partial charge in [-0.15, -0.1) is 0 Å². The summed E-state index contributed by atoms with van der Waals surface area (Å²) in [7, 11) is 0. The van der Waals surface area contributed by atoms with Gasteiger partial charge in [0.25, 0.3) is 0 Å². The van der Waals surface area contributed by atoms with Crippen molar-refractivity contribution in [2.24, 2.45) is 0 Å². The third-order valence-corrected chi connectivity index (χ3v) is 8.37. The van der Waals surface area contributed by atoms with Crippen LogP contribution < -0.4 is 0 Å². The minimum atomic E-state index is -4.71. The van der Waals surface area contributed by atoms with Gasteiger partial charge in [0.2, 0.25) is 0 Å². The van der Waals surface area contributed by atoms with Crippen molar-refractivity contribution in [2.45, 2.75) is 12.4 Å². The lowest BCUT2D eigenvalue weighted by Gasteiger charge is -2.16. The summed E-state index contributed by atoms with van der Waals surface area (Å²) in [5.74, 6) is 0. The Morgan fingerprint density at radius 1 is 0.420 bits per heavy atom. The summed E-state index contributed by atoms with van der Waals surface area (Å²) >= 11 is 0. The summed E-state index contributed by atoms with van der Waals surface area (Å²) in [5, 5.41) is 59.5. The summed E-state index contributed by atoms with van der Waals surface area (Å²) in [6.07, 6.45) is -9.42. The molecule has 0 radical (unpaired) electrons. The Bertz CT molecular complexity index is 2370. The van der Waals surface area contributed by atoms with Crippen molar-refractivity contribution in [1.82, 2.24) is 0 Å². The van der Waals surface area contributed by atoms with Crippen LogP contribution in [0.25, 0.3) is 44.5 Å². The van der Waals surface area contributed by atoms with Crippen molar-refractivity contribution >= 4 is 22.3 Å². The molecule has 0 amide bonds. The zero-order valence-electron chi connectivity index (χ0n) is 24.9. The molecule has 2 aliphatic rings. The van der Waals surface area contributed by atoms with E-state index in [-0.39, 0.29) is 66.8 Å². The van der Waals surface area contributed by atoms with Gasteiger partial charge in [-0.25, -0.2) is 0 Å². The van der Waals surface area contributed by atoms with Gasteiger partial charge in [-0.05, 0) is 80.9 Å². The molecule has 0 N–H and O–H groups in total. The lowest BCUT2D eigenvalue weighted by molar-refractivity contribution is -0.138. The SMILES string of the molecule is N#CC(C#N)=C1C2=C(C(=C(C#N)C#N)c3ccc(-c4ccc(C(F)(F)F)cc4C#N)cc32)c2cc(-c3ccc(C(F)(F)F)cc3C#N)ccc21. The highest BCUT2D eigenvalue weighted by molar-refractivity contribution is 6.38. The Hall–Kier alpha value is -7.38. The van der Waals surface area contributed by atoms with Crippen LogP contribution >= 0.6 is 0 Å². The van der Waals surface area contributed by atoms with Gasteiger partial charge in [-0.3, -0.25) is 0 Å². The van der Waals surface area contributed by atoms with Gasteiger partial charge in [-0.1, -0.05) is 36.4 Å². The molecule has 0 spiro atoms. The highest BCUT2D eigenvalue weighted by Crippen LogP contribution is 2.60. The minimum absolute atomic E-state index is 0.121. The van der Waals surface area contributed by atoms with Crippen molar-refractivity contribution in [3.8, 4) is 58.7 Å². The van der Waals surface area contributed by atoms with Gasteiger partial charge in [0.15, 0.2) is 0 Å². The van der Waals surface area contributed by atoms with Gasteiger partial charge in [0, 0.05) is 22.3 Å². The molecule has 0 fully saturated rings. The number of benzene rings is 4. The van der Waals surface area contributed by atoms with Crippen LogP contribution in [0.1, 0.15) is 44.5 Å². The zero-order valence-corrected chi connectivity index (χ0v) is 24.9. The molecular weight excluding hydrogens is 654 g/mol. The van der Waals surface area contributed by atoms with E-state index >= 15 is 0 Å². The zero-order chi connectivity index (χ0) is 36.1. The molecule has 6 nitrogen and oxygen atoms in total. The fraction of sp³-hybridized carbons (Fsp3) is 0.0526. The van der Waals surface area contributed by atoms with Crippen LogP contribution in [0.3, 0.4) is 0 Å². The Labute approximate surface area is 279 Å². The summed E-state index contributed by atoms with van der Waals surface area (Å²) < 4.78 is 80.5. The number of fused-ring (bicyclic) bond motifs is 4. The van der Waals surface area contributed by atoms with Crippen LogP contribution in [0.2, 0.25) is 0 Å². The first kappa shape index (κ1) is 32.6. The molecule has 12 heteroatoms. The number of allylic oxidation sites excluding steroid dienone is 6. The Balaban J connectivity index is 1.66. The van der Waals surface area contributed by atoms with E-state index in [9.17, 15) is 57.9 Å². The summed E-state index contributed by atoms with van der Waals surface area (Å²) in [6, 6.07) is 25.4. The molecule has 0 bridgehead atoms. The van der Waals surface area contributed by atoms with Crippen molar-refractivity contribution in [3.05, 3.63) is 128 Å². The maximum atomic E-state index is 13.4. The number of halogens is 6. The van der Waals surface area contributed by atoms with Gasteiger partial charge in [0.1, 0.15) is 35.4 Å². The highest BCUT2D eigenvalue weighted by atomic mass is 19.4. The third kappa shape index (κ3) is 5.03. The van der Waals surface area contributed by atoms with E-state index in [4.69, 9.17) is 0 Å². The monoisotopic (exact) mass is 666 g/mol. The number of nitrogens with zero attached hydrogens (tertiary/aromatic N) is 6. The topological polar surface area (TPSA) is 143 Å². The fourth-order valence-electron chi connectivity index (χ4n) is 6.25. The number of alkyl halides is 6. The second kappa shape index (κ2) is 11.7. The normalized spacial score (nSPS) is 12.7. The largest absolute Gasteiger partial charge is 0.416 e. The van der Waals surface area contributed by atoms with Crippen LogP contribution in [-0.4, -0.2) is 0 Å². The molecule has 4 aromatic rings. The first-order valence-corrected chi connectivity index (χ1v) is 14.2. The molecular formula is C38H12F6N6. The third-order valence-electron chi connectivity index (χ3n) is 8.37. The number of hydrogen-bond donors (Lipinski definition) is 0. The van der Waals surface area contributed by atoms with Crippen LogP contribution in [0.15, 0.2) is 83.9 Å². The van der Waals surface area contributed by atoms with Crippen LogP contribution in [-0.2, 0) is 12.4 Å². The quantitative estimate of drug-likeness (QED) is 0.154. The van der Waals surface area contributed by atoms with E-state index in [1.165, 1.54) is 36.4 Å². The molecule has 6 rings (SSSR count). The molecule has 0 saturated carbocycles. The molecule has 0 atom stereocenters. The van der Waals surface area contributed by atoms with Crippen molar-refractivity contribution < 1.29 is 26.3 Å². The predicted octanol–water partition coefficient (Wildman–Crippen LogP) is 9.34. The van der Waals surface area contributed by atoms with Gasteiger partial charge >= 0.3 is 12.4 Å². The Kier molecular flexibility index (Phi) is 7.62. The van der Waals surface area contributed by atoms with E-state index in [0.717, 1.165) is 24.3 Å². The average Bonchev–Trinajstić information content (AvgIpc) is 3.60. The maximum Gasteiger partial charge on any atom is 0.416 e. The lowest BCUT2D eigenvalue weighted by atomic mass is 9.86. The van der Waals surface area contributed by atoms with Gasteiger partial charge < -0.3 is 0 Å². The Morgan fingerprint density at radius 3 is 1.06 bits per heavy atom. The smallest absolute Gasteiger partial charge is 0.192 e. The Morgan fingerprint density at radius 2 is 0.760 bits per heavy atom. The van der Waals surface area contributed by atoms with Crippen LogP contribution in [0.5, 0.6) is 0 Å². The molecule has 0 saturated heterocycles. The predicted molar refractivity (Wildman–Crippen MR) is 166 cm³/mol. The van der Waals surface area contributed by atoms with E-state index in [2.05, 4.69) is 0 Å². The molecule has 236 valence electrons. The van der Waals surface area contributed by atoms with Crippen LogP contribution in [0, 0.1) is 68.0 Å². The first-order chi connectivity index (χ1) is 23.8. The second-order valence-electron chi connectivity index (χ2n) is 11.0. The number of nitriles is 6. The second-order valence-corrected chi connectivity index (χ2v) is 11.0. The molecule has 0 aliphatic heterocycles. The van der Waals surface area contributed by atoms with E-state index < -0.39 is 23.5 Å². The van der Waals surface area contributed by atoms with Gasteiger partial charge in [-0.2, -0.15) is 57.9 Å². The van der Waals surface area contributed by atoms with Gasteiger partial charge in [0.05, 0.1) is 34.4 Å². The molecule has 0 unspecified atom stereocenters. The lowest BCUT2D eigenvalue weighted by Crippen LogP contribution is -2.05.